The van der Waals surface area contributed by atoms with Crippen molar-refractivity contribution in [1.82, 2.24) is 0 Å². The maximum Gasteiger partial charge on any atom is 0.325 e. The van der Waals surface area contributed by atoms with E-state index in [1.807, 2.05) is 0 Å². The maximum atomic E-state index is 11.2. The smallest absolute Gasteiger partial charge is 0.325 e. The first-order chi connectivity index (χ1) is 8.04. The fraction of sp³-hybridized carbons (Fsp3) is 0.182. The van der Waals surface area contributed by atoms with Crippen molar-refractivity contribution in [2.24, 2.45) is 0 Å². The van der Waals surface area contributed by atoms with Crippen LogP contribution in [0.2, 0.25) is 0 Å². The highest BCUT2D eigenvalue weighted by molar-refractivity contribution is 5.93. The van der Waals surface area contributed by atoms with Gasteiger partial charge in [-0.15, -0.1) is 0 Å². The summed E-state index contributed by atoms with van der Waals surface area (Å²) in [7, 11) is 1.37. The molecule has 6 nitrogen and oxygen atoms in total. The molecule has 0 N–H and O–H groups in total. The van der Waals surface area contributed by atoms with Crippen molar-refractivity contribution in [3.8, 4) is 5.75 Å². The number of pyridine rings is 1. The van der Waals surface area contributed by atoms with Crippen molar-refractivity contribution >= 4 is 16.5 Å². The van der Waals surface area contributed by atoms with Crippen LogP contribution >= 0.6 is 0 Å². The van der Waals surface area contributed by atoms with Gasteiger partial charge < -0.3 is 9.94 Å². The number of fused-ring (bicyclic) bond motifs is 1. The molecule has 0 unspecified atom stereocenters. The maximum absolute atomic E-state index is 11.2. The zero-order valence-corrected chi connectivity index (χ0v) is 9.34. The van der Waals surface area contributed by atoms with Crippen LogP contribution in [0.1, 0.15) is 5.56 Å². The van der Waals surface area contributed by atoms with Crippen molar-refractivity contribution in [3.05, 3.63) is 45.4 Å². The van der Waals surface area contributed by atoms with Gasteiger partial charge in [0, 0.05) is 11.5 Å². The first-order valence-corrected chi connectivity index (χ1v) is 4.89. The van der Waals surface area contributed by atoms with Crippen molar-refractivity contribution in [2.75, 3.05) is 7.11 Å². The van der Waals surface area contributed by atoms with E-state index < -0.39 is 4.92 Å². The highest BCUT2D eigenvalue weighted by Gasteiger charge is 2.23. The summed E-state index contributed by atoms with van der Waals surface area (Å²) in [5.41, 5.74) is 0.489. The standard InChI is InChI=1S/C11H10N2O4/c1-7-5-8-3-4-12(14)6-9(8)10(13(15)16)11(7)17-2/h3-6H,1-2H3. The van der Waals surface area contributed by atoms with Gasteiger partial charge in [-0.2, -0.15) is 4.73 Å². The van der Waals surface area contributed by atoms with Crippen LogP contribution in [0.15, 0.2) is 24.5 Å². The van der Waals surface area contributed by atoms with Gasteiger partial charge in [-0.3, -0.25) is 10.1 Å². The Morgan fingerprint density at radius 1 is 1.47 bits per heavy atom. The van der Waals surface area contributed by atoms with Crippen LogP contribution in [-0.4, -0.2) is 12.0 Å². The predicted octanol–water partition coefficient (Wildman–Crippen LogP) is 1.70. The molecule has 2 rings (SSSR count). The zero-order valence-electron chi connectivity index (χ0n) is 9.34. The van der Waals surface area contributed by atoms with E-state index in [9.17, 15) is 15.3 Å². The third kappa shape index (κ3) is 1.73. The fourth-order valence-electron chi connectivity index (χ4n) is 1.86. The Labute approximate surface area is 96.8 Å². The van der Waals surface area contributed by atoms with Gasteiger partial charge in [-0.1, -0.05) is 0 Å². The first kappa shape index (κ1) is 11.1. The Morgan fingerprint density at radius 3 is 2.76 bits per heavy atom. The molecule has 0 saturated carbocycles. The monoisotopic (exact) mass is 234 g/mol. The number of methoxy groups -OCH3 is 1. The number of nitro groups is 1. The Hall–Kier alpha value is -2.37. The van der Waals surface area contributed by atoms with Crippen molar-refractivity contribution in [1.29, 1.82) is 0 Å². The number of benzene rings is 1. The van der Waals surface area contributed by atoms with E-state index in [1.54, 1.807) is 19.1 Å². The molecular formula is C11H10N2O4. The largest absolute Gasteiger partial charge is 0.619 e. The Morgan fingerprint density at radius 2 is 2.18 bits per heavy atom. The van der Waals surface area contributed by atoms with E-state index in [-0.39, 0.29) is 16.8 Å². The topological polar surface area (TPSA) is 79.3 Å². The molecular weight excluding hydrogens is 224 g/mol. The lowest BCUT2D eigenvalue weighted by molar-refractivity contribution is -0.604. The molecule has 88 valence electrons. The number of ether oxygens (including phenoxy) is 1. The van der Waals surface area contributed by atoms with Gasteiger partial charge in [-0.05, 0) is 18.6 Å². The summed E-state index contributed by atoms with van der Waals surface area (Å²) in [5, 5.41) is 23.2. The van der Waals surface area contributed by atoms with E-state index in [4.69, 9.17) is 4.74 Å². The molecule has 1 aromatic carbocycles. The summed E-state index contributed by atoms with van der Waals surface area (Å²) in [5.74, 6) is 0.189. The number of nitro benzene ring substituents is 1. The van der Waals surface area contributed by atoms with E-state index in [1.165, 1.54) is 19.5 Å². The van der Waals surface area contributed by atoms with Crippen LogP contribution in [-0.2, 0) is 0 Å². The van der Waals surface area contributed by atoms with Crippen LogP contribution < -0.4 is 9.47 Å². The number of aromatic nitrogens is 1. The van der Waals surface area contributed by atoms with Gasteiger partial charge in [0.05, 0.1) is 12.0 Å². The van der Waals surface area contributed by atoms with Crippen molar-refractivity contribution in [3.63, 3.8) is 0 Å². The van der Waals surface area contributed by atoms with Gasteiger partial charge in [0.15, 0.2) is 12.4 Å². The molecule has 0 atom stereocenters. The number of rotatable bonds is 2. The third-order valence-electron chi connectivity index (χ3n) is 2.56. The minimum Gasteiger partial charge on any atom is -0.619 e. The molecule has 0 spiro atoms. The fourth-order valence-corrected chi connectivity index (χ4v) is 1.86. The average molecular weight is 234 g/mol. The molecule has 0 fully saturated rings. The molecule has 17 heavy (non-hydrogen) atoms. The lowest BCUT2D eigenvalue weighted by Crippen LogP contribution is -2.23. The van der Waals surface area contributed by atoms with Crippen LogP contribution in [0.3, 0.4) is 0 Å². The molecule has 6 heteroatoms. The SMILES string of the molecule is COc1c(C)cc2cc[n+]([O-])cc2c1[N+](=O)[O-]. The number of hydrogen-bond acceptors (Lipinski definition) is 4. The summed E-state index contributed by atoms with van der Waals surface area (Å²) < 4.78 is 5.56. The highest BCUT2D eigenvalue weighted by Crippen LogP contribution is 2.37. The molecule has 0 aliphatic carbocycles. The Bertz CT molecular complexity index is 610. The summed E-state index contributed by atoms with van der Waals surface area (Å²) >= 11 is 0. The molecule has 0 saturated heterocycles. The molecule has 1 heterocycles. The second-order valence-electron chi connectivity index (χ2n) is 3.64. The van der Waals surface area contributed by atoms with Gasteiger partial charge in [0.25, 0.3) is 0 Å². The number of hydrogen-bond donors (Lipinski definition) is 0. The third-order valence-corrected chi connectivity index (χ3v) is 2.56. The van der Waals surface area contributed by atoms with Gasteiger partial charge in [0.1, 0.15) is 5.39 Å². The summed E-state index contributed by atoms with van der Waals surface area (Å²) in [6, 6.07) is 3.29. The molecule has 0 aliphatic heterocycles. The molecule has 1 aromatic heterocycles. The van der Waals surface area contributed by atoms with E-state index in [0.29, 0.717) is 15.7 Å². The van der Waals surface area contributed by atoms with Crippen molar-refractivity contribution < 1.29 is 14.4 Å². The first-order valence-electron chi connectivity index (χ1n) is 4.89. The van der Waals surface area contributed by atoms with Gasteiger partial charge in [-0.25, -0.2) is 0 Å². The summed E-state index contributed by atoms with van der Waals surface area (Å²) in [6.45, 7) is 1.73. The van der Waals surface area contributed by atoms with Crippen molar-refractivity contribution in [2.45, 2.75) is 6.92 Å². The molecule has 0 amide bonds. The van der Waals surface area contributed by atoms with Crippen LogP contribution in [0, 0.1) is 22.2 Å². The van der Waals surface area contributed by atoms with Crippen LogP contribution in [0.25, 0.3) is 10.8 Å². The van der Waals surface area contributed by atoms with E-state index >= 15 is 0 Å². The normalized spacial score (nSPS) is 10.5. The predicted molar refractivity (Wildman–Crippen MR) is 60.9 cm³/mol. The van der Waals surface area contributed by atoms with Gasteiger partial charge >= 0.3 is 5.69 Å². The highest BCUT2D eigenvalue weighted by atomic mass is 16.6. The Balaban J connectivity index is 2.94. The molecule has 0 aliphatic rings. The van der Waals surface area contributed by atoms with Crippen LogP contribution in [0.5, 0.6) is 5.75 Å². The lowest BCUT2D eigenvalue weighted by atomic mass is 10.1. The quantitative estimate of drug-likeness (QED) is 0.343. The second kappa shape index (κ2) is 3.89. The lowest BCUT2D eigenvalue weighted by Gasteiger charge is -2.08. The minimum absolute atomic E-state index is 0.173. The minimum atomic E-state index is -0.534. The molecule has 2 aromatic rings. The number of nitrogens with zero attached hydrogens (tertiary/aromatic N) is 2. The summed E-state index contributed by atoms with van der Waals surface area (Å²) in [6.07, 6.45) is 2.48. The number of aryl methyl sites for hydroxylation is 1. The van der Waals surface area contributed by atoms with Crippen LogP contribution in [0.4, 0.5) is 5.69 Å². The summed E-state index contributed by atoms with van der Waals surface area (Å²) in [4.78, 5) is 10.5. The van der Waals surface area contributed by atoms with E-state index in [2.05, 4.69) is 0 Å². The average Bonchev–Trinajstić information content (AvgIpc) is 2.27. The zero-order chi connectivity index (χ0) is 12.6. The second-order valence-corrected chi connectivity index (χ2v) is 3.64. The molecule has 0 bridgehead atoms. The van der Waals surface area contributed by atoms with E-state index in [0.717, 1.165) is 0 Å². The van der Waals surface area contributed by atoms with Gasteiger partial charge in [0.2, 0.25) is 5.75 Å². The molecule has 0 radical (unpaired) electrons. The Kier molecular flexibility index (Phi) is 2.55.